The Morgan fingerprint density at radius 2 is 2.05 bits per heavy atom. The lowest BCUT2D eigenvalue weighted by Gasteiger charge is -2.39. The maximum absolute atomic E-state index is 13.6. The molecule has 1 aromatic carbocycles. The lowest BCUT2D eigenvalue weighted by Crippen LogP contribution is -2.48. The average Bonchev–Trinajstić information content (AvgIpc) is 2.94. The first-order valence-electron chi connectivity index (χ1n) is 7.93. The molecule has 1 saturated carbocycles. The van der Waals surface area contributed by atoms with Crippen molar-refractivity contribution in [2.45, 2.75) is 50.0 Å². The third kappa shape index (κ3) is 2.69. The Balaban J connectivity index is 1.95. The van der Waals surface area contributed by atoms with Crippen LogP contribution in [0.5, 0.6) is 0 Å². The summed E-state index contributed by atoms with van der Waals surface area (Å²) < 4.78 is 13.6. The highest BCUT2D eigenvalue weighted by Crippen LogP contribution is 2.41. The van der Waals surface area contributed by atoms with Crippen LogP contribution in [0.1, 0.15) is 44.1 Å². The van der Waals surface area contributed by atoms with E-state index in [2.05, 4.69) is 0 Å². The van der Waals surface area contributed by atoms with Gasteiger partial charge >= 0.3 is 0 Å². The number of hydrogen-bond acceptors (Lipinski definition) is 2. The quantitative estimate of drug-likeness (QED) is 0.910. The molecule has 1 heterocycles. The molecule has 0 aromatic heterocycles. The van der Waals surface area contributed by atoms with Crippen molar-refractivity contribution in [2.24, 2.45) is 5.73 Å². The van der Waals surface area contributed by atoms with Gasteiger partial charge in [0.1, 0.15) is 5.82 Å². The Labute approximate surface area is 125 Å². The van der Waals surface area contributed by atoms with Gasteiger partial charge in [-0.3, -0.25) is 4.79 Å². The van der Waals surface area contributed by atoms with Crippen LogP contribution in [-0.4, -0.2) is 29.9 Å². The zero-order chi connectivity index (χ0) is 14.9. The van der Waals surface area contributed by atoms with Crippen LogP contribution in [0.3, 0.4) is 0 Å². The molecule has 1 aliphatic carbocycles. The smallest absolute Gasteiger partial charge is 0.233 e. The molecule has 0 radical (unpaired) electrons. The van der Waals surface area contributed by atoms with E-state index in [0.29, 0.717) is 6.54 Å². The van der Waals surface area contributed by atoms with Crippen LogP contribution in [0.15, 0.2) is 24.3 Å². The van der Waals surface area contributed by atoms with E-state index in [4.69, 9.17) is 5.73 Å². The minimum atomic E-state index is -0.537. The van der Waals surface area contributed by atoms with Crippen molar-refractivity contribution >= 4 is 5.91 Å². The maximum Gasteiger partial charge on any atom is 0.233 e. The van der Waals surface area contributed by atoms with Gasteiger partial charge in [-0.2, -0.15) is 0 Å². The van der Waals surface area contributed by atoms with Crippen LogP contribution in [0.25, 0.3) is 0 Å². The number of rotatable bonds is 2. The first-order chi connectivity index (χ1) is 10.1. The van der Waals surface area contributed by atoms with Gasteiger partial charge in [-0.25, -0.2) is 4.39 Å². The number of carbonyl (C=O) groups excluding carboxylic acids is 1. The molecule has 114 valence electrons. The number of hydrogen-bond donors (Lipinski definition) is 1. The SMILES string of the molecule is N[C@@H]1CCN(C(=O)C2(c3cccc(F)c3)CCCCC2)C1. The highest BCUT2D eigenvalue weighted by atomic mass is 19.1. The van der Waals surface area contributed by atoms with Gasteiger partial charge in [0.05, 0.1) is 5.41 Å². The van der Waals surface area contributed by atoms with Gasteiger partial charge in [0.15, 0.2) is 0 Å². The van der Waals surface area contributed by atoms with Crippen LogP contribution in [-0.2, 0) is 10.2 Å². The first-order valence-corrected chi connectivity index (χ1v) is 7.93. The van der Waals surface area contributed by atoms with Gasteiger partial charge in [-0.15, -0.1) is 0 Å². The summed E-state index contributed by atoms with van der Waals surface area (Å²) in [6.45, 7) is 1.37. The molecule has 2 fully saturated rings. The highest BCUT2D eigenvalue weighted by molar-refractivity contribution is 5.88. The molecule has 2 N–H and O–H groups in total. The second kappa shape index (κ2) is 5.76. The van der Waals surface area contributed by atoms with E-state index in [-0.39, 0.29) is 17.8 Å². The molecule has 3 nitrogen and oxygen atoms in total. The van der Waals surface area contributed by atoms with Gasteiger partial charge in [-0.1, -0.05) is 31.4 Å². The van der Waals surface area contributed by atoms with Crippen molar-refractivity contribution in [3.05, 3.63) is 35.6 Å². The average molecular weight is 290 g/mol. The van der Waals surface area contributed by atoms with Crippen molar-refractivity contribution < 1.29 is 9.18 Å². The van der Waals surface area contributed by atoms with Crippen LogP contribution in [0, 0.1) is 5.82 Å². The Morgan fingerprint density at radius 1 is 1.29 bits per heavy atom. The number of benzene rings is 1. The minimum Gasteiger partial charge on any atom is -0.340 e. The number of likely N-dealkylation sites (tertiary alicyclic amines) is 1. The molecule has 2 aliphatic rings. The Kier molecular flexibility index (Phi) is 3.98. The molecule has 4 heteroatoms. The summed E-state index contributed by atoms with van der Waals surface area (Å²) in [6.07, 6.45) is 5.72. The van der Waals surface area contributed by atoms with Crippen molar-refractivity contribution in [1.29, 1.82) is 0 Å². The number of nitrogens with zero attached hydrogens (tertiary/aromatic N) is 1. The fourth-order valence-corrected chi connectivity index (χ4v) is 3.84. The van der Waals surface area contributed by atoms with Gasteiger partial charge < -0.3 is 10.6 Å². The second-order valence-corrected chi connectivity index (χ2v) is 6.45. The molecule has 21 heavy (non-hydrogen) atoms. The summed E-state index contributed by atoms with van der Waals surface area (Å²) in [6, 6.07) is 6.68. The van der Waals surface area contributed by atoms with Crippen LogP contribution in [0.2, 0.25) is 0 Å². The lowest BCUT2D eigenvalue weighted by atomic mass is 9.68. The van der Waals surface area contributed by atoms with E-state index in [1.165, 1.54) is 6.07 Å². The molecule has 1 saturated heterocycles. The number of carbonyl (C=O) groups is 1. The third-order valence-corrected chi connectivity index (χ3v) is 5.01. The summed E-state index contributed by atoms with van der Waals surface area (Å²) in [5.74, 6) is -0.107. The number of nitrogens with two attached hydrogens (primary N) is 1. The summed E-state index contributed by atoms with van der Waals surface area (Å²) in [7, 11) is 0. The van der Waals surface area contributed by atoms with Crippen LogP contribution < -0.4 is 5.73 Å². The molecule has 3 rings (SSSR count). The van der Waals surface area contributed by atoms with Crippen LogP contribution >= 0.6 is 0 Å². The van der Waals surface area contributed by atoms with Gasteiger partial charge in [-0.05, 0) is 37.0 Å². The molecule has 0 spiro atoms. The largest absolute Gasteiger partial charge is 0.340 e. The summed E-state index contributed by atoms with van der Waals surface area (Å²) >= 11 is 0. The van der Waals surface area contributed by atoms with Crippen LogP contribution in [0.4, 0.5) is 4.39 Å². The third-order valence-electron chi connectivity index (χ3n) is 5.01. The zero-order valence-corrected chi connectivity index (χ0v) is 12.4. The Morgan fingerprint density at radius 3 is 2.67 bits per heavy atom. The predicted octanol–water partition coefficient (Wildman–Crippen LogP) is 2.59. The molecular formula is C17H23FN2O. The van der Waals surface area contributed by atoms with Crippen molar-refractivity contribution in [3.8, 4) is 0 Å². The summed E-state index contributed by atoms with van der Waals surface area (Å²) in [4.78, 5) is 15.0. The Bertz CT molecular complexity index is 525. The topological polar surface area (TPSA) is 46.3 Å². The maximum atomic E-state index is 13.6. The molecule has 0 unspecified atom stereocenters. The second-order valence-electron chi connectivity index (χ2n) is 6.45. The first kappa shape index (κ1) is 14.5. The monoisotopic (exact) mass is 290 g/mol. The van der Waals surface area contributed by atoms with Gasteiger partial charge in [0.2, 0.25) is 5.91 Å². The molecular weight excluding hydrogens is 267 g/mol. The Hall–Kier alpha value is -1.42. The molecule has 0 bridgehead atoms. The van der Waals surface area contributed by atoms with E-state index < -0.39 is 5.41 Å². The fraction of sp³-hybridized carbons (Fsp3) is 0.588. The number of halogens is 1. The summed E-state index contributed by atoms with van der Waals surface area (Å²) in [5.41, 5.74) is 6.25. The van der Waals surface area contributed by atoms with Crippen molar-refractivity contribution in [3.63, 3.8) is 0 Å². The molecule has 1 atom stereocenters. The van der Waals surface area contributed by atoms with E-state index in [1.807, 2.05) is 11.0 Å². The van der Waals surface area contributed by atoms with E-state index in [9.17, 15) is 9.18 Å². The molecule has 1 amide bonds. The number of amides is 1. The zero-order valence-electron chi connectivity index (χ0n) is 12.4. The van der Waals surface area contributed by atoms with E-state index in [0.717, 1.165) is 50.6 Å². The van der Waals surface area contributed by atoms with E-state index in [1.54, 1.807) is 12.1 Å². The van der Waals surface area contributed by atoms with Gasteiger partial charge in [0, 0.05) is 19.1 Å². The van der Waals surface area contributed by atoms with Crippen molar-refractivity contribution in [1.82, 2.24) is 4.90 Å². The minimum absolute atomic E-state index is 0.0853. The van der Waals surface area contributed by atoms with Crippen molar-refractivity contribution in [2.75, 3.05) is 13.1 Å². The normalized spacial score (nSPS) is 25.0. The fourth-order valence-electron chi connectivity index (χ4n) is 3.84. The molecule has 1 aromatic rings. The lowest BCUT2D eigenvalue weighted by molar-refractivity contribution is -0.137. The predicted molar refractivity (Wildman–Crippen MR) is 80.3 cm³/mol. The van der Waals surface area contributed by atoms with E-state index >= 15 is 0 Å². The molecule has 1 aliphatic heterocycles. The van der Waals surface area contributed by atoms with Gasteiger partial charge in [0.25, 0.3) is 0 Å². The summed E-state index contributed by atoms with van der Waals surface area (Å²) in [5, 5.41) is 0. The highest BCUT2D eigenvalue weighted by Gasteiger charge is 2.44. The standard InChI is InChI=1S/C17H23FN2O/c18-14-6-4-5-13(11-14)17(8-2-1-3-9-17)16(21)20-10-7-15(19)12-20/h4-6,11,15H,1-3,7-10,12,19H2/t15-/m1/s1.